The Morgan fingerprint density at radius 2 is 2.40 bits per heavy atom. The average molecular weight is 150 g/mol. The minimum Gasteiger partial charge on any atom is -0.328 e. The molecular formula is C5H8F2N2O. The van der Waals surface area contributed by atoms with Gasteiger partial charge in [0.2, 0.25) is 0 Å². The van der Waals surface area contributed by atoms with Crippen LogP contribution in [0.5, 0.6) is 0 Å². The van der Waals surface area contributed by atoms with Crippen LogP contribution in [0.4, 0.5) is 13.6 Å². The number of nitrogens with zero attached hydrogens (tertiary/aromatic N) is 1. The average Bonchev–Trinajstić information content (AvgIpc) is 2.13. The van der Waals surface area contributed by atoms with Crippen LogP contribution in [0.25, 0.3) is 0 Å². The maximum atomic E-state index is 11.8. The molecule has 58 valence electrons. The van der Waals surface area contributed by atoms with Crippen molar-refractivity contribution in [3.05, 3.63) is 0 Å². The molecule has 0 aromatic carbocycles. The van der Waals surface area contributed by atoms with Gasteiger partial charge in [0.25, 0.3) is 6.43 Å². The molecule has 0 saturated carbocycles. The van der Waals surface area contributed by atoms with E-state index in [0.29, 0.717) is 0 Å². The molecule has 1 fully saturated rings. The fraction of sp³-hybridized carbons (Fsp3) is 0.800. The number of carbonyl (C=O) groups excluding carboxylic acids is 1. The minimum atomic E-state index is -2.46. The van der Waals surface area contributed by atoms with Gasteiger partial charge in [-0.3, -0.25) is 0 Å². The molecule has 1 atom stereocenters. The standard InChI is InChI=1S/C5H8F2N2O/c1-9-2-3(4(6)7)8-5(9)10/h3-4H,2H2,1H3,(H,8,10). The van der Waals surface area contributed by atoms with E-state index < -0.39 is 18.5 Å². The van der Waals surface area contributed by atoms with Crippen molar-refractivity contribution in [3.8, 4) is 0 Å². The van der Waals surface area contributed by atoms with Crippen molar-refractivity contribution in [1.82, 2.24) is 10.2 Å². The zero-order valence-corrected chi connectivity index (χ0v) is 5.47. The summed E-state index contributed by atoms with van der Waals surface area (Å²) in [5, 5.41) is 2.14. The SMILES string of the molecule is CN1CC(C(F)F)NC1=O. The third-order valence-electron chi connectivity index (χ3n) is 1.43. The van der Waals surface area contributed by atoms with Crippen LogP contribution in [0.1, 0.15) is 0 Å². The number of amides is 2. The number of hydrogen-bond donors (Lipinski definition) is 1. The lowest BCUT2D eigenvalue weighted by Gasteiger charge is -2.05. The van der Waals surface area contributed by atoms with Crippen molar-refractivity contribution in [2.45, 2.75) is 12.5 Å². The number of alkyl halides is 2. The summed E-state index contributed by atoms with van der Waals surface area (Å²) < 4.78 is 23.7. The lowest BCUT2D eigenvalue weighted by molar-refractivity contribution is 0.109. The van der Waals surface area contributed by atoms with Gasteiger partial charge in [0.05, 0.1) is 0 Å². The van der Waals surface area contributed by atoms with Gasteiger partial charge in [-0.15, -0.1) is 0 Å². The molecule has 0 radical (unpaired) electrons. The zero-order chi connectivity index (χ0) is 7.72. The molecule has 1 saturated heterocycles. The largest absolute Gasteiger partial charge is 0.328 e. The highest BCUT2D eigenvalue weighted by Crippen LogP contribution is 2.08. The second-order valence-electron chi connectivity index (χ2n) is 2.27. The Kier molecular flexibility index (Phi) is 1.74. The molecule has 0 spiro atoms. The highest BCUT2D eigenvalue weighted by atomic mass is 19.3. The number of carbonyl (C=O) groups is 1. The van der Waals surface area contributed by atoms with E-state index in [1.807, 2.05) is 0 Å². The molecule has 3 nitrogen and oxygen atoms in total. The molecule has 1 rings (SSSR count). The summed E-state index contributed by atoms with van der Waals surface area (Å²) in [6.45, 7) is 0.0938. The normalized spacial score (nSPS) is 25.8. The second kappa shape index (κ2) is 2.40. The number of urea groups is 1. The summed E-state index contributed by atoms with van der Waals surface area (Å²) in [5.74, 6) is 0. The van der Waals surface area contributed by atoms with Gasteiger partial charge in [-0.1, -0.05) is 0 Å². The maximum Gasteiger partial charge on any atom is 0.317 e. The van der Waals surface area contributed by atoms with E-state index in [0.717, 1.165) is 0 Å². The molecule has 0 aliphatic carbocycles. The quantitative estimate of drug-likeness (QED) is 0.572. The van der Waals surface area contributed by atoms with Crippen molar-refractivity contribution in [1.29, 1.82) is 0 Å². The zero-order valence-electron chi connectivity index (χ0n) is 5.47. The lowest BCUT2D eigenvalue weighted by Crippen LogP contribution is -2.32. The van der Waals surface area contributed by atoms with Gasteiger partial charge in [0.15, 0.2) is 0 Å². The molecular weight excluding hydrogens is 142 g/mol. The van der Waals surface area contributed by atoms with Gasteiger partial charge in [-0.05, 0) is 0 Å². The van der Waals surface area contributed by atoms with Crippen molar-refractivity contribution < 1.29 is 13.6 Å². The smallest absolute Gasteiger partial charge is 0.317 e. The minimum absolute atomic E-state index is 0.0938. The van der Waals surface area contributed by atoms with Gasteiger partial charge < -0.3 is 10.2 Å². The summed E-state index contributed by atoms with van der Waals surface area (Å²) in [5.41, 5.74) is 0. The van der Waals surface area contributed by atoms with E-state index in [2.05, 4.69) is 5.32 Å². The lowest BCUT2D eigenvalue weighted by atomic mass is 10.3. The van der Waals surface area contributed by atoms with Crippen molar-refractivity contribution in [3.63, 3.8) is 0 Å². The Hall–Kier alpha value is -0.870. The Labute approximate surface area is 57.0 Å². The van der Waals surface area contributed by atoms with Crippen molar-refractivity contribution in [2.24, 2.45) is 0 Å². The summed E-state index contributed by atoms with van der Waals surface area (Å²) in [4.78, 5) is 11.8. The predicted molar refractivity (Wildman–Crippen MR) is 31.0 cm³/mol. The van der Waals surface area contributed by atoms with Gasteiger partial charge in [0.1, 0.15) is 6.04 Å². The molecule has 0 aromatic rings. The third kappa shape index (κ3) is 1.17. The van der Waals surface area contributed by atoms with Crippen LogP contribution in [-0.2, 0) is 0 Å². The number of halogens is 2. The summed E-state index contributed by atoms with van der Waals surface area (Å²) >= 11 is 0. The molecule has 1 aliphatic rings. The summed E-state index contributed by atoms with van der Waals surface area (Å²) in [6.07, 6.45) is -2.46. The van der Waals surface area contributed by atoms with Gasteiger partial charge in [0, 0.05) is 13.6 Å². The van der Waals surface area contributed by atoms with Crippen LogP contribution in [-0.4, -0.2) is 37.0 Å². The number of rotatable bonds is 1. The van der Waals surface area contributed by atoms with Crippen LogP contribution >= 0.6 is 0 Å². The number of hydrogen-bond acceptors (Lipinski definition) is 1. The Balaban J connectivity index is 2.49. The van der Waals surface area contributed by atoms with E-state index in [1.165, 1.54) is 11.9 Å². The highest BCUT2D eigenvalue weighted by Gasteiger charge is 2.31. The Bertz CT molecular complexity index is 151. The fourth-order valence-electron chi connectivity index (χ4n) is 0.835. The molecule has 1 unspecified atom stereocenters. The van der Waals surface area contributed by atoms with E-state index in [9.17, 15) is 13.6 Å². The Morgan fingerprint density at radius 1 is 1.80 bits per heavy atom. The molecule has 10 heavy (non-hydrogen) atoms. The number of likely N-dealkylation sites (N-methyl/N-ethyl adjacent to an activating group) is 1. The predicted octanol–water partition coefficient (Wildman–Crippen LogP) is 0.275. The first kappa shape index (κ1) is 7.24. The monoisotopic (exact) mass is 150 g/mol. The van der Waals surface area contributed by atoms with Crippen LogP contribution in [0.15, 0.2) is 0 Å². The third-order valence-corrected chi connectivity index (χ3v) is 1.43. The molecule has 2 amide bonds. The first-order valence-corrected chi connectivity index (χ1v) is 2.91. The summed E-state index contributed by atoms with van der Waals surface area (Å²) in [7, 11) is 1.48. The van der Waals surface area contributed by atoms with Crippen LogP contribution in [0.3, 0.4) is 0 Å². The van der Waals surface area contributed by atoms with Crippen LogP contribution in [0.2, 0.25) is 0 Å². The molecule has 5 heteroatoms. The molecule has 0 bridgehead atoms. The Morgan fingerprint density at radius 3 is 2.60 bits per heavy atom. The van der Waals surface area contributed by atoms with Gasteiger partial charge in [-0.2, -0.15) is 0 Å². The fourth-order valence-corrected chi connectivity index (χ4v) is 0.835. The van der Waals surface area contributed by atoms with E-state index >= 15 is 0 Å². The maximum absolute atomic E-state index is 11.8. The van der Waals surface area contributed by atoms with Crippen molar-refractivity contribution >= 4 is 6.03 Å². The highest BCUT2D eigenvalue weighted by molar-refractivity contribution is 5.76. The van der Waals surface area contributed by atoms with Gasteiger partial charge in [-0.25, -0.2) is 13.6 Å². The van der Waals surface area contributed by atoms with E-state index in [-0.39, 0.29) is 6.54 Å². The van der Waals surface area contributed by atoms with Crippen LogP contribution in [0, 0.1) is 0 Å². The van der Waals surface area contributed by atoms with Crippen LogP contribution < -0.4 is 5.32 Å². The first-order valence-electron chi connectivity index (χ1n) is 2.91. The number of nitrogens with one attached hydrogen (secondary N) is 1. The van der Waals surface area contributed by atoms with Gasteiger partial charge >= 0.3 is 6.03 Å². The molecule has 1 N–H and O–H groups in total. The molecule has 1 heterocycles. The molecule has 1 aliphatic heterocycles. The summed E-state index contributed by atoms with van der Waals surface area (Å²) in [6, 6.07) is -1.41. The first-order chi connectivity index (χ1) is 4.61. The molecule has 0 aromatic heterocycles. The van der Waals surface area contributed by atoms with E-state index in [4.69, 9.17) is 0 Å². The van der Waals surface area contributed by atoms with Crippen molar-refractivity contribution in [2.75, 3.05) is 13.6 Å². The topological polar surface area (TPSA) is 32.3 Å². The second-order valence-corrected chi connectivity index (χ2v) is 2.27. The van der Waals surface area contributed by atoms with E-state index in [1.54, 1.807) is 0 Å².